The molecule has 23 heavy (non-hydrogen) atoms. The van der Waals surface area contributed by atoms with Gasteiger partial charge in [0.25, 0.3) is 0 Å². The number of Topliss-reactive ketones (excluding diaryl/α,β-unsaturated/α-hetero) is 1. The zero-order valence-electron chi connectivity index (χ0n) is 14.0. The van der Waals surface area contributed by atoms with Crippen molar-refractivity contribution < 1.29 is 23.9 Å². The van der Waals surface area contributed by atoms with Gasteiger partial charge in [0.15, 0.2) is 5.78 Å². The molecule has 1 amide bonds. The number of benzene rings is 1. The van der Waals surface area contributed by atoms with Gasteiger partial charge in [-0.25, -0.2) is 4.79 Å². The number of rotatable bonds is 8. The molecule has 1 aromatic rings. The SMILES string of the molecule is COC(=O)C(C)(C)NC(=O)CCCOc1cccc(C(C)=O)c1. The zero-order chi connectivity index (χ0) is 17.5. The lowest BCUT2D eigenvalue weighted by Crippen LogP contribution is -2.50. The van der Waals surface area contributed by atoms with Crippen molar-refractivity contribution in [2.24, 2.45) is 0 Å². The van der Waals surface area contributed by atoms with Crippen LogP contribution in [0.15, 0.2) is 24.3 Å². The van der Waals surface area contributed by atoms with E-state index < -0.39 is 11.5 Å². The average Bonchev–Trinajstić information content (AvgIpc) is 2.50. The summed E-state index contributed by atoms with van der Waals surface area (Å²) in [5.41, 5.74) is -0.470. The van der Waals surface area contributed by atoms with E-state index in [0.29, 0.717) is 24.3 Å². The van der Waals surface area contributed by atoms with E-state index in [1.54, 1.807) is 38.1 Å². The molecule has 1 aromatic carbocycles. The quantitative estimate of drug-likeness (QED) is 0.450. The van der Waals surface area contributed by atoms with Crippen molar-refractivity contribution in [2.45, 2.75) is 39.2 Å². The number of esters is 1. The van der Waals surface area contributed by atoms with Crippen LogP contribution in [0.2, 0.25) is 0 Å². The Balaban J connectivity index is 2.37. The van der Waals surface area contributed by atoms with Crippen LogP contribution in [-0.2, 0) is 14.3 Å². The van der Waals surface area contributed by atoms with Crippen LogP contribution >= 0.6 is 0 Å². The monoisotopic (exact) mass is 321 g/mol. The van der Waals surface area contributed by atoms with Gasteiger partial charge in [0.1, 0.15) is 11.3 Å². The van der Waals surface area contributed by atoms with Gasteiger partial charge < -0.3 is 14.8 Å². The van der Waals surface area contributed by atoms with Crippen LogP contribution in [0.1, 0.15) is 44.0 Å². The fourth-order valence-corrected chi connectivity index (χ4v) is 1.94. The second kappa shape index (κ2) is 8.31. The fourth-order valence-electron chi connectivity index (χ4n) is 1.94. The molecular weight excluding hydrogens is 298 g/mol. The summed E-state index contributed by atoms with van der Waals surface area (Å²) in [6.07, 6.45) is 0.722. The van der Waals surface area contributed by atoms with E-state index in [9.17, 15) is 14.4 Å². The minimum absolute atomic E-state index is 0.0279. The minimum atomic E-state index is -1.05. The molecule has 0 saturated heterocycles. The number of ketones is 1. The summed E-state index contributed by atoms with van der Waals surface area (Å²) in [7, 11) is 1.28. The number of nitrogens with one attached hydrogen (secondary N) is 1. The van der Waals surface area contributed by atoms with E-state index in [0.717, 1.165) is 0 Å². The fraction of sp³-hybridized carbons (Fsp3) is 0.471. The molecule has 0 heterocycles. The van der Waals surface area contributed by atoms with Gasteiger partial charge in [-0.2, -0.15) is 0 Å². The normalized spacial score (nSPS) is 10.8. The number of ether oxygens (including phenoxy) is 2. The second-order valence-electron chi connectivity index (χ2n) is 5.70. The van der Waals surface area contributed by atoms with Gasteiger partial charge in [0, 0.05) is 12.0 Å². The van der Waals surface area contributed by atoms with Crippen molar-refractivity contribution in [3.63, 3.8) is 0 Å². The number of carbonyl (C=O) groups is 3. The predicted molar refractivity (Wildman–Crippen MR) is 85.4 cm³/mol. The molecule has 0 aliphatic heterocycles. The number of methoxy groups -OCH3 is 1. The Kier molecular flexibility index (Phi) is 6.75. The van der Waals surface area contributed by atoms with Crippen molar-refractivity contribution in [1.29, 1.82) is 0 Å². The summed E-state index contributed by atoms with van der Waals surface area (Å²) in [6, 6.07) is 6.89. The van der Waals surface area contributed by atoms with Crippen molar-refractivity contribution >= 4 is 17.7 Å². The molecule has 1 rings (SSSR count). The summed E-state index contributed by atoms with van der Waals surface area (Å²) in [4.78, 5) is 34.6. The lowest BCUT2D eigenvalue weighted by atomic mass is 10.1. The van der Waals surface area contributed by atoms with Crippen LogP contribution < -0.4 is 10.1 Å². The first kappa shape index (κ1) is 18.7. The Hall–Kier alpha value is -2.37. The predicted octanol–water partition coefficient (Wildman–Crippen LogP) is 2.12. The van der Waals surface area contributed by atoms with Crippen LogP contribution in [0.5, 0.6) is 5.75 Å². The summed E-state index contributed by atoms with van der Waals surface area (Å²) in [5.74, 6) is -0.183. The van der Waals surface area contributed by atoms with Crippen molar-refractivity contribution in [3.8, 4) is 5.75 Å². The molecule has 0 saturated carbocycles. The number of hydrogen-bond acceptors (Lipinski definition) is 5. The highest BCUT2D eigenvalue weighted by atomic mass is 16.5. The van der Waals surface area contributed by atoms with E-state index in [1.165, 1.54) is 14.0 Å². The molecule has 126 valence electrons. The standard InChI is InChI=1S/C17H23NO5/c1-12(19)13-7-5-8-14(11-13)23-10-6-9-15(20)18-17(2,3)16(21)22-4/h5,7-8,11H,6,9-10H2,1-4H3,(H,18,20). The third-order valence-corrected chi connectivity index (χ3v) is 3.21. The van der Waals surface area contributed by atoms with Gasteiger partial charge >= 0.3 is 5.97 Å². The minimum Gasteiger partial charge on any atom is -0.494 e. The largest absolute Gasteiger partial charge is 0.494 e. The molecule has 0 spiro atoms. The molecule has 0 unspecified atom stereocenters. The van der Waals surface area contributed by atoms with Crippen LogP contribution in [0.4, 0.5) is 0 Å². The highest BCUT2D eigenvalue weighted by Crippen LogP contribution is 2.14. The molecule has 0 aliphatic carbocycles. The van der Waals surface area contributed by atoms with Gasteiger partial charge in [0.2, 0.25) is 5.91 Å². The summed E-state index contributed by atoms with van der Waals surface area (Å²) < 4.78 is 10.1. The van der Waals surface area contributed by atoms with E-state index in [1.807, 2.05) is 0 Å². The third kappa shape index (κ3) is 6.10. The van der Waals surface area contributed by atoms with Crippen molar-refractivity contribution in [1.82, 2.24) is 5.32 Å². The van der Waals surface area contributed by atoms with Crippen molar-refractivity contribution in [2.75, 3.05) is 13.7 Å². The van der Waals surface area contributed by atoms with Gasteiger partial charge in [0.05, 0.1) is 13.7 Å². The smallest absolute Gasteiger partial charge is 0.330 e. The molecule has 1 N–H and O–H groups in total. The highest BCUT2D eigenvalue weighted by Gasteiger charge is 2.30. The van der Waals surface area contributed by atoms with Crippen LogP contribution in [-0.4, -0.2) is 36.9 Å². The molecule has 0 fully saturated rings. The van der Waals surface area contributed by atoms with Crippen LogP contribution in [0.3, 0.4) is 0 Å². The van der Waals surface area contributed by atoms with Gasteiger partial charge in [-0.15, -0.1) is 0 Å². The van der Waals surface area contributed by atoms with Crippen LogP contribution in [0, 0.1) is 0 Å². The Labute approximate surface area is 136 Å². The van der Waals surface area contributed by atoms with Crippen molar-refractivity contribution in [3.05, 3.63) is 29.8 Å². The third-order valence-electron chi connectivity index (χ3n) is 3.21. The van der Waals surface area contributed by atoms with E-state index in [4.69, 9.17) is 4.74 Å². The Morgan fingerprint density at radius 2 is 1.91 bits per heavy atom. The topological polar surface area (TPSA) is 81.7 Å². The first-order valence-electron chi connectivity index (χ1n) is 7.39. The first-order chi connectivity index (χ1) is 10.8. The summed E-state index contributed by atoms with van der Waals surface area (Å²) in [5, 5.41) is 2.62. The molecule has 0 radical (unpaired) electrons. The molecular formula is C17H23NO5. The maximum absolute atomic E-state index is 11.8. The Bertz CT molecular complexity index is 580. The Morgan fingerprint density at radius 1 is 1.22 bits per heavy atom. The Morgan fingerprint density at radius 3 is 2.52 bits per heavy atom. The molecule has 0 atom stereocenters. The average molecular weight is 321 g/mol. The first-order valence-corrected chi connectivity index (χ1v) is 7.39. The zero-order valence-corrected chi connectivity index (χ0v) is 14.0. The second-order valence-corrected chi connectivity index (χ2v) is 5.70. The van der Waals surface area contributed by atoms with Gasteiger partial charge in [-0.05, 0) is 39.3 Å². The molecule has 6 heteroatoms. The molecule has 0 bridgehead atoms. The molecule has 6 nitrogen and oxygen atoms in total. The lowest BCUT2D eigenvalue weighted by Gasteiger charge is -2.23. The van der Waals surface area contributed by atoms with E-state index in [-0.39, 0.29) is 18.1 Å². The number of carbonyl (C=O) groups excluding carboxylic acids is 3. The number of amides is 1. The maximum atomic E-state index is 11.8. The molecule has 0 aliphatic rings. The maximum Gasteiger partial charge on any atom is 0.330 e. The van der Waals surface area contributed by atoms with E-state index >= 15 is 0 Å². The highest BCUT2D eigenvalue weighted by molar-refractivity contribution is 5.94. The lowest BCUT2D eigenvalue weighted by molar-refractivity contribution is -0.149. The van der Waals surface area contributed by atoms with Crippen LogP contribution in [0.25, 0.3) is 0 Å². The van der Waals surface area contributed by atoms with E-state index in [2.05, 4.69) is 10.1 Å². The summed E-state index contributed by atoms with van der Waals surface area (Å²) in [6.45, 7) is 5.00. The summed E-state index contributed by atoms with van der Waals surface area (Å²) >= 11 is 0. The van der Waals surface area contributed by atoms with Gasteiger partial charge in [-0.1, -0.05) is 12.1 Å². The molecule has 0 aromatic heterocycles. The number of hydrogen-bond donors (Lipinski definition) is 1. The van der Waals surface area contributed by atoms with Gasteiger partial charge in [-0.3, -0.25) is 9.59 Å².